The van der Waals surface area contributed by atoms with Gasteiger partial charge < -0.3 is 0 Å². The maximum Gasteiger partial charge on any atom is 0.176 e. The molecular formula is C37H48Si. The summed E-state index contributed by atoms with van der Waals surface area (Å²) in [5.41, 5.74) is 11.8. The third-order valence-corrected chi connectivity index (χ3v) is 14.0. The lowest BCUT2D eigenvalue weighted by atomic mass is 10.1. The molecule has 4 rings (SSSR count). The van der Waals surface area contributed by atoms with Gasteiger partial charge in [-0.2, -0.15) is 0 Å². The first-order valence-electron chi connectivity index (χ1n) is 15.1. The maximum absolute atomic E-state index is 2.59. The summed E-state index contributed by atoms with van der Waals surface area (Å²) in [6, 6.07) is 22.9. The lowest BCUT2D eigenvalue weighted by Crippen LogP contribution is -2.69. The molecule has 0 unspecified atom stereocenters. The first-order chi connectivity index (χ1) is 18.3. The largest absolute Gasteiger partial charge is 0.176 e. The second-order valence-corrected chi connectivity index (χ2v) is 15.0. The van der Waals surface area contributed by atoms with Gasteiger partial charge in [-0.3, -0.25) is 0 Å². The molecule has 1 heteroatoms. The third kappa shape index (κ3) is 5.15. The van der Waals surface area contributed by atoms with Gasteiger partial charge in [0.2, 0.25) is 0 Å². The zero-order valence-electron chi connectivity index (χ0n) is 25.2. The molecule has 0 radical (unpaired) electrons. The molecule has 0 heterocycles. The normalized spacial score (nSPS) is 13.8. The minimum absolute atomic E-state index is 1.07. The first-order valence-corrected chi connectivity index (χ1v) is 17.1. The number of hydrogen-bond acceptors (Lipinski definition) is 0. The predicted octanol–water partition coefficient (Wildman–Crippen LogP) is 7.74. The summed E-state index contributed by atoms with van der Waals surface area (Å²) < 4.78 is 0. The summed E-state index contributed by atoms with van der Waals surface area (Å²) in [6.07, 6.45) is 10.0. The number of allylic oxidation sites excluding steroid dienone is 4. The molecule has 3 aromatic rings. The van der Waals surface area contributed by atoms with Crippen molar-refractivity contribution in [1.82, 2.24) is 0 Å². The van der Waals surface area contributed by atoms with Gasteiger partial charge in [0.25, 0.3) is 0 Å². The summed E-state index contributed by atoms with van der Waals surface area (Å²) >= 11 is 0. The fourth-order valence-corrected chi connectivity index (χ4v) is 12.0. The molecule has 0 N–H and O–H groups in total. The van der Waals surface area contributed by atoms with Gasteiger partial charge in [-0.25, -0.2) is 0 Å². The molecule has 3 aromatic carbocycles. The second kappa shape index (κ2) is 12.0. The second-order valence-electron chi connectivity index (χ2n) is 11.2. The van der Waals surface area contributed by atoms with E-state index in [0.717, 1.165) is 44.9 Å². The Hall–Kier alpha value is -2.64. The highest BCUT2D eigenvalue weighted by atomic mass is 28.3. The van der Waals surface area contributed by atoms with E-state index in [0.29, 0.717) is 0 Å². The Labute approximate surface area is 233 Å². The summed E-state index contributed by atoms with van der Waals surface area (Å²) in [7, 11) is -2.55. The van der Waals surface area contributed by atoms with Gasteiger partial charge in [-0.1, -0.05) is 119 Å². The average Bonchev–Trinajstić information content (AvgIpc) is 3.30. The van der Waals surface area contributed by atoms with Crippen LogP contribution in [0.15, 0.2) is 77.0 Å². The molecule has 0 saturated heterocycles. The van der Waals surface area contributed by atoms with Crippen LogP contribution in [0.25, 0.3) is 0 Å². The maximum atomic E-state index is 2.59. The Morgan fingerprint density at radius 1 is 0.474 bits per heavy atom. The highest BCUT2D eigenvalue weighted by Gasteiger charge is 2.45. The van der Waals surface area contributed by atoms with Crippen molar-refractivity contribution in [2.24, 2.45) is 0 Å². The Bertz CT molecular complexity index is 1170. The fourth-order valence-electron chi connectivity index (χ4n) is 6.42. The summed E-state index contributed by atoms with van der Waals surface area (Å²) in [5.74, 6) is 0. The smallest absolute Gasteiger partial charge is 0.0776 e. The van der Waals surface area contributed by atoms with Crippen LogP contribution < -0.4 is 15.6 Å². The lowest BCUT2D eigenvalue weighted by Gasteiger charge is -2.38. The Kier molecular flexibility index (Phi) is 8.99. The molecule has 0 fully saturated rings. The first kappa shape index (κ1) is 28.4. The number of rotatable bonds is 10. The van der Waals surface area contributed by atoms with Crippen LogP contribution in [0.2, 0.25) is 0 Å². The van der Waals surface area contributed by atoms with Crippen molar-refractivity contribution in [2.75, 3.05) is 0 Å². The number of aryl methyl sites for hydroxylation is 6. The zero-order valence-corrected chi connectivity index (χ0v) is 26.2. The van der Waals surface area contributed by atoms with Crippen LogP contribution in [0.5, 0.6) is 0 Å². The Balaban J connectivity index is 2.26. The molecule has 0 bridgehead atoms. The molecule has 38 heavy (non-hydrogen) atoms. The topological polar surface area (TPSA) is 0 Å². The summed E-state index contributed by atoms with van der Waals surface area (Å²) in [5, 5.41) is 6.43. The summed E-state index contributed by atoms with van der Waals surface area (Å²) in [4.78, 5) is 0. The van der Waals surface area contributed by atoms with Crippen molar-refractivity contribution in [3.63, 3.8) is 0 Å². The van der Waals surface area contributed by atoms with E-state index in [9.17, 15) is 0 Å². The predicted molar refractivity (Wildman–Crippen MR) is 171 cm³/mol. The molecule has 1 aliphatic carbocycles. The highest BCUT2D eigenvalue weighted by Crippen LogP contribution is 2.34. The molecule has 0 aliphatic heterocycles. The molecule has 0 aromatic heterocycles. The van der Waals surface area contributed by atoms with Crippen molar-refractivity contribution < 1.29 is 0 Å². The van der Waals surface area contributed by atoms with Crippen LogP contribution in [0.1, 0.15) is 95.2 Å². The van der Waals surface area contributed by atoms with Gasteiger partial charge in [-0.05, 0) is 108 Å². The zero-order chi connectivity index (χ0) is 27.4. The quantitative estimate of drug-likeness (QED) is 0.189. The van der Waals surface area contributed by atoms with Gasteiger partial charge >= 0.3 is 0 Å². The van der Waals surface area contributed by atoms with Crippen LogP contribution in [0.3, 0.4) is 0 Å². The molecule has 0 saturated carbocycles. The highest BCUT2D eigenvalue weighted by molar-refractivity contribution is 7.16. The Morgan fingerprint density at radius 2 is 0.763 bits per heavy atom. The van der Waals surface area contributed by atoms with Crippen LogP contribution in [-0.2, 0) is 38.5 Å². The SMILES string of the molecule is CCc1cc(CC)cc([Si](C2=C(C)C(C)=CC2)(c2cc(CC)cc(CC)c2)c2cc(CC)cc(CC)c2)c1. The molecule has 0 atom stereocenters. The van der Waals surface area contributed by atoms with Crippen molar-refractivity contribution >= 4 is 23.6 Å². The van der Waals surface area contributed by atoms with Crippen LogP contribution in [-0.4, -0.2) is 8.07 Å². The van der Waals surface area contributed by atoms with E-state index in [-0.39, 0.29) is 0 Å². The van der Waals surface area contributed by atoms with Crippen LogP contribution in [0.4, 0.5) is 0 Å². The average molecular weight is 521 g/mol. The van der Waals surface area contributed by atoms with Crippen LogP contribution >= 0.6 is 0 Å². The molecule has 1 aliphatic rings. The molecule has 0 nitrogen and oxygen atoms in total. The van der Waals surface area contributed by atoms with Gasteiger partial charge in [0.1, 0.15) is 0 Å². The van der Waals surface area contributed by atoms with Gasteiger partial charge in [0, 0.05) is 0 Å². The van der Waals surface area contributed by atoms with Crippen molar-refractivity contribution in [3.05, 3.63) is 110 Å². The van der Waals surface area contributed by atoms with Crippen molar-refractivity contribution in [3.8, 4) is 0 Å². The number of benzene rings is 3. The lowest BCUT2D eigenvalue weighted by molar-refractivity contribution is 1.09. The number of hydrogen-bond donors (Lipinski definition) is 0. The van der Waals surface area contributed by atoms with Crippen LogP contribution in [0, 0.1) is 0 Å². The molecular weight excluding hydrogens is 472 g/mol. The molecule has 0 spiro atoms. The van der Waals surface area contributed by atoms with Gasteiger partial charge in [-0.15, -0.1) is 0 Å². The minimum atomic E-state index is -2.55. The van der Waals surface area contributed by atoms with Crippen molar-refractivity contribution in [1.29, 1.82) is 0 Å². The van der Waals surface area contributed by atoms with E-state index in [1.54, 1.807) is 20.8 Å². The van der Waals surface area contributed by atoms with E-state index in [1.807, 2.05) is 0 Å². The summed E-state index contributed by atoms with van der Waals surface area (Å²) in [6.45, 7) is 18.6. The van der Waals surface area contributed by atoms with E-state index < -0.39 is 8.07 Å². The standard InChI is InChI=1S/C37H48Si/c1-9-28-17-29(10-2)21-34(20-28)38(37-16-15-26(7)27(37)8,35-22-30(11-3)18-31(12-4)23-35)36-24-32(13-5)19-33(14-6)25-36/h15,17-25H,9-14,16H2,1-8H3. The minimum Gasteiger partial charge on any atom is -0.0776 e. The fraction of sp³-hybridized carbons (Fsp3) is 0.405. The third-order valence-electron chi connectivity index (χ3n) is 9.02. The van der Waals surface area contributed by atoms with E-state index in [4.69, 9.17) is 0 Å². The van der Waals surface area contributed by atoms with Gasteiger partial charge in [0.15, 0.2) is 8.07 Å². The monoisotopic (exact) mass is 520 g/mol. The van der Waals surface area contributed by atoms with Crippen molar-refractivity contribution in [2.45, 2.75) is 100 Å². The van der Waals surface area contributed by atoms with E-state index in [1.165, 1.54) is 44.5 Å². The van der Waals surface area contributed by atoms with E-state index >= 15 is 0 Å². The van der Waals surface area contributed by atoms with Gasteiger partial charge in [0.05, 0.1) is 0 Å². The molecule has 200 valence electrons. The van der Waals surface area contributed by atoms with E-state index in [2.05, 4.69) is 116 Å². The Morgan fingerprint density at radius 3 is 0.974 bits per heavy atom. The molecule has 0 amide bonds.